The topological polar surface area (TPSA) is 15.3 Å². The van der Waals surface area contributed by atoms with E-state index in [-0.39, 0.29) is 0 Å². The lowest BCUT2D eigenvalue weighted by atomic mass is 10.2. The van der Waals surface area contributed by atoms with E-state index in [1.165, 1.54) is 26.9 Å². The van der Waals surface area contributed by atoms with Crippen LogP contribution in [0.1, 0.15) is 0 Å². The van der Waals surface area contributed by atoms with Crippen molar-refractivity contribution in [3.05, 3.63) is 67.8 Å². The first-order chi connectivity index (χ1) is 10.3. The molecule has 21 heavy (non-hydrogen) atoms. The third-order valence-corrected chi connectivity index (χ3v) is 4.55. The fourth-order valence-corrected chi connectivity index (χ4v) is 3.51. The van der Waals surface area contributed by atoms with Gasteiger partial charge in [-0.05, 0) is 24.3 Å². The molecule has 0 amide bonds. The Morgan fingerprint density at radius 3 is 2.43 bits per heavy atom. The second-order valence-electron chi connectivity index (χ2n) is 4.86. The highest BCUT2D eigenvalue weighted by molar-refractivity contribution is 7.99. The van der Waals surface area contributed by atoms with Crippen molar-refractivity contribution < 1.29 is 0 Å². The quantitative estimate of drug-likeness (QED) is 0.661. The molecule has 1 N–H and O–H groups in total. The Balaban J connectivity index is 2.02. The van der Waals surface area contributed by atoms with Crippen LogP contribution in [0.4, 0.5) is 17.1 Å². The van der Waals surface area contributed by atoms with Gasteiger partial charge in [-0.1, -0.05) is 42.1 Å². The van der Waals surface area contributed by atoms with Gasteiger partial charge in [-0.2, -0.15) is 0 Å². The van der Waals surface area contributed by atoms with Crippen molar-refractivity contribution in [3.63, 3.8) is 0 Å². The normalized spacial score (nSPS) is 11.8. The van der Waals surface area contributed by atoms with Crippen molar-refractivity contribution in [1.82, 2.24) is 0 Å². The minimum atomic E-state index is 0.802. The van der Waals surface area contributed by atoms with Crippen LogP contribution in [-0.4, -0.2) is 13.1 Å². The van der Waals surface area contributed by atoms with Crippen molar-refractivity contribution in [3.8, 4) is 0 Å². The Hall–Kier alpha value is -2.13. The SMILES string of the molecule is C=CCN(CC=C)c1cccc2c1Nc1ccccc1S2. The monoisotopic (exact) mass is 294 g/mol. The predicted octanol–water partition coefficient (Wildman–Crippen LogP) is 5.07. The maximum Gasteiger partial charge on any atom is 0.0764 e. The Kier molecular flexibility index (Phi) is 4.02. The van der Waals surface area contributed by atoms with Gasteiger partial charge in [-0.15, -0.1) is 13.2 Å². The molecule has 0 fully saturated rings. The zero-order chi connectivity index (χ0) is 14.7. The van der Waals surface area contributed by atoms with Gasteiger partial charge in [0.05, 0.1) is 17.1 Å². The number of hydrogen-bond donors (Lipinski definition) is 1. The van der Waals surface area contributed by atoms with Crippen LogP contribution in [0.5, 0.6) is 0 Å². The van der Waals surface area contributed by atoms with Crippen molar-refractivity contribution in [2.24, 2.45) is 0 Å². The predicted molar refractivity (Wildman–Crippen MR) is 92.9 cm³/mol. The van der Waals surface area contributed by atoms with Gasteiger partial charge in [-0.3, -0.25) is 0 Å². The van der Waals surface area contributed by atoms with Crippen molar-refractivity contribution >= 4 is 28.8 Å². The zero-order valence-electron chi connectivity index (χ0n) is 11.9. The summed E-state index contributed by atoms with van der Waals surface area (Å²) in [5.74, 6) is 0. The summed E-state index contributed by atoms with van der Waals surface area (Å²) in [5, 5.41) is 3.58. The van der Waals surface area contributed by atoms with Gasteiger partial charge in [0.15, 0.2) is 0 Å². The molecule has 1 aliphatic heterocycles. The molecule has 2 aromatic rings. The van der Waals surface area contributed by atoms with Gasteiger partial charge in [0.25, 0.3) is 0 Å². The fourth-order valence-electron chi connectivity index (χ4n) is 2.49. The average Bonchev–Trinajstić information content (AvgIpc) is 2.52. The van der Waals surface area contributed by atoms with Gasteiger partial charge < -0.3 is 10.2 Å². The molecule has 3 rings (SSSR count). The first kappa shape index (κ1) is 13.8. The lowest BCUT2D eigenvalue weighted by molar-refractivity contribution is 0.954. The van der Waals surface area contributed by atoms with Crippen LogP contribution in [0.3, 0.4) is 0 Å². The van der Waals surface area contributed by atoms with Gasteiger partial charge in [0.2, 0.25) is 0 Å². The van der Waals surface area contributed by atoms with E-state index < -0.39 is 0 Å². The van der Waals surface area contributed by atoms with E-state index in [1.54, 1.807) is 0 Å². The Bertz CT molecular complexity index is 669. The summed E-state index contributed by atoms with van der Waals surface area (Å²) in [5.41, 5.74) is 3.53. The summed E-state index contributed by atoms with van der Waals surface area (Å²) >= 11 is 1.81. The molecular weight excluding hydrogens is 276 g/mol. The largest absolute Gasteiger partial charge is 0.362 e. The fraction of sp³-hybridized carbons (Fsp3) is 0.111. The van der Waals surface area contributed by atoms with E-state index in [1.807, 2.05) is 23.9 Å². The van der Waals surface area contributed by atoms with Gasteiger partial charge in [0.1, 0.15) is 0 Å². The third kappa shape index (κ3) is 2.69. The first-order valence-electron chi connectivity index (χ1n) is 6.97. The third-order valence-electron chi connectivity index (χ3n) is 3.41. The number of fused-ring (bicyclic) bond motifs is 2. The maximum absolute atomic E-state index is 3.85. The highest BCUT2D eigenvalue weighted by Gasteiger charge is 2.19. The van der Waals surface area contributed by atoms with E-state index in [0.29, 0.717) is 0 Å². The van der Waals surface area contributed by atoms with Gasteiger partial charge >= 0.3 is 0 Å². The summed E-state index contributed by atoms with van der Waals surface area (Å²) in [4.78, 5) is 4.78. The van der Waals surface area contributed by atoms with E-state index in [4.69, 9.17) is 0 Å². The first-order valence-corrected chi connectivity index (χ1v) is 7.79. The minimum absolute atomic E-state index is 0.802. The molecule has 2 aromatic carbocycles. The molecule has 0 spiro atoms. The number of nitrogens with zero attached hydrogens (tertiary/aromatic N) is 1. The van der Waals surface area contributed by atoms with Crippen LogP contribution in [-0.2, 0) is 0 Å². The van der Waals surface area contributed by atoms with Crippen molar-refractivity contribution in [2.75, 3.05) is 23.3 Å². The molecule has 0 atom stereocenters. The lowest BCUT2D eigenvalue weighted by Crippen LogP contribution is -2.24. The second-order valence-corrected chi connectivity index (χ2v) is 5.94. The lowest BCUT2D eigenvalue weighted by Gasteiger charge is -2.29. The van der Waals surface area contributed by atoms with Crippen molar-refractivity contribution in [2.45, 2.75) is 9.79 Å². The number of para-hydroxylation sites is 2. The number of anilines is 3. The van der Waals surface area contributed by atoms with E-state index in [0.717, 1.165) is 13.1 Å². The summed E-state index contributed by atoms with van der Waals surface area (Å²) in [6.45, 7) is 9.31. The van der Waals surface area contributed by atoms with E-state index >= 15 is 0 Å². The molecule has 0 aromatic heterocycles. The Labute approximate surface area is 130 Å². The molecule has 3 heteroatoms. The van der Waals surface area contributed by atoms with Crippen LogP contribution in [0, 0.1) is 0 Å². The highest BCUT2D eigenvalue weighted by Crippen LogP contribution is 2.47. The molecule has 0 radical (unpaired) electrons. The molecule has 0 bridgehead atoms. The molecule has 106 valence electrons. The van der Waals surface area contributed by atoms with E-state index in [2.05, 4.69) is 65.8 Å². The standard InChI is InChI=1S/C18H18N2S/c1-3-12-20(13-4-2)15-9-7-11-17-18(15)19-14-8-5-6-10-16(14)21-17/h3-11,19H,1-2,12-13H2. The van der Waals surface area contributed by atoms with Crippen LogP contribution in [0.2, 0.25) is 0 Å². The summed E-state index contributed by atoms with van der Waals surface area (Å²) in [7, 11) is 0. The Morgan fingerprint density at radius 1 is 0.952 bits per heavy atom. The molecule has 0 aliphatic carbocycles. The smallest absolute Gasteiger partial charge is 0.0764 e. The van der Waals surface area contributed by atoms with Crippen LogP contribution < -0.4 is 10.2 Å². The number of rotatable bonds is 5. The van der Waals surface area contributed by atoms with Crippen LogP contribution in [0.15, 0.2) is 77.6 Å². The van der Waals surface area contributed by atoms with Gasteiger partial charge in [0, 0.05) is 22.9 Å². The zero-order valence-corrected chi connectivity index (χ0v) is 12.7. The molecule has 1 aliphatic rings. The average molecular weight is 294 g/mol. The molecular formula is C18H18N2S. The van der Waals surface area contributed by atoms with Gasteiger partial charge in [-0.25, -0.2) is 0 Å². The van der Waals surface area contributed by atoms with Crippen LogP contribution >= 0.6 is 11.8 Å². The molecule has 0 saturated carbocycles. The molecule has 1 heterocycles. The summed E-state index contributed by atoms with van der Waals surface area (Å²) in [6, 6.07) is 14.8. The van der Waals surface area contributed by atoms with E-state index in [9.17, 15) is 0 Å². The number of hydrogen-bond acceptors (Lipinski definition) is 3. The maximum atomic E-state index is 3.85. The minimum Gasteiger partial charge on any atom is -0.362 e. The Morgan fingerprint density at radius 2 is 1.67 bits per heavy atom. The second kappa shape index (κ2) is 6.10. The number of benzene rings is 2. The number of nitrogens with one attached hydrogen (secondary N) is 1. The molecule has 0 unspecified atom stereocenters. The molecule has 0 saturated heterocycles. The summed E-state index contributed by atoms with van der Waals surface area (Å²) in [6.07, 6.45) is 3.85. The molecule has 2 nitrogen and oxygen atoms in total. The van der Waals surface area contributed by atoms with Crippen LogP contribution in [0.25, 0.3) is 0 Å². The summed E-state index contributed by atoms with van der Waals surface area (Å²) < 4.78 is 0. The highest BCUT2D eigenvalue weighted by atomic mass is 32.2. The van der Waals surface area contributed by atoms with Crippen molar-refractivity contribution in [1.29, 1.82) is 0 Å².